The smallest absolute Gasteiger partial charge is 0.333 e. The first-order valence-corrected chi connectivity index (χ1v) is 7.20. The molecule has 1 aliphatic rings. The van der Waals surface area contributed by atoms with Crippen molar-refractivity contribution in [3.63, 3.8) is 0 Å². The lowest BCUT2D eigenvalue weighted by atomic mass is 10.1. The molecule has 1 aromatic heterocycles. The van der Waals surface area contributed by atoms with Gasteiger partial charge >= 0.3 is 5.69 Å². The maximum atomic E-state index is 12.0. The van der Waals surface area contributed by atoms with Crippen molar-refractivity contribution in [2.75, 3.05) is 25.0 Å². The third-order valence-corrected chi connectivity index (χ3v) is 3.71. The van der Waals surface area contributed by atoms with Gasteiger partial charge in [-0.2, -0.15) is 5.10 Å². The summed E-state index contributed by atoms with van der Waals surface area (Å²) in [5, 5.41) is 18.0. The van der Waals surface area contributed by atoms with Crippen LogP contribution in [0.1, 0.15) is 31.4 Å². The first kappa shape index (κ1) is 15.3. The van der Waals surface area contributed by atoms with E-state index in [1.54, 1.807) is 14.0 Å². The number of likely N-dealkylation sites (tertiary alicyclic amines) is 1. The number of anilines is 1. The molecule has 1 N–H and O–H groups in total. The molecule has 0 aliphatic carbocycles. The Morgan fingerprint density at radius 3 is 2.67 bits per heavy atom. The van der Waals surface area contributed by atoms with Gasteiger partial charge in [-0.25, -0.2) is 4.68 Å². The first-order valence-electron chi connectivity index (χ1n) is 7.20. The Hall–Kier alpha value is -2.12. The van der Waals surface area contributed by atoms with Crippen LogP contribution in [0.2, 0.25) is 0 Å². The molecule has 1 amide bonds. The molecule has 0 spiro atoms. The molecule has 2 rings (SSSR count). The second-order valence-electron chi connectivity index (χ2n) is 5.28. The van der Waals surface area contributed by atoms with Crippen molar-refractivity contribution < 1.29 is 9.72 Å². The molecule has 0 bridgehead atoms. The summed E-state index contributed by atoms with van der Waals surface area (Å²) in [5.74, 6) is 0.452. The molecular weight excluding hydrogens is 274 g/mol. The summed E-state index contributed by atoms with van der Waals surface area (Å²) in [6.45, 7) is 3.62. The zero-order chi connectivity index (χ0) is 15.4. The average molecular weight is 295 g/mol. The number of piperidine rings is 1. The van der Waals surface area contributed by atoms with Gasteiger partial charge in [-0.1, -0.05) is 0 Å². The topological polar surface area (TPSA) is 93.3 Å². The Kier molecular flexibility index (Phi) is 4.77. The third-order valence-electron chi connectivity index (χ3n) is 3.71. The minimum atomic E-state index is -0.447. The van der Waals surface area contributed by atoms with Crippen LogP contribution in [0.3, 0.4) is 0 Å². The molecule has 116 valence electrons. The Bertz CT molecular complexity index is 534. The number of hydrogen-bond donors (Lipinski definition) is 1. The SMILES string of the molecule is Cc1nn(C)c(NCCC(=O)N2CCCCC2)c1[N+](=O)[O-]. The van der Waals surface area contributed by atoms with E-state index in [1.807, 2.05) is 4.90 Å². The van der Waals surface area contributed by atoms with E-state index in [4.69, 9.17) is 0 Å². The zero-order valence-electron chi connectivity index (χ0n) is 12.5. The molecule has 0 atom stereocenters. The number of carbonyl (C=O) groups excluding carboxylic acids is 1. The van der Waals surface area contributed by atoms with Crippen LogP contribution in [0.25, 0.3) is 0 Å². The van der Waals surface area contributed by atoms with Gasteiger partial charge in [0.15, 0.2) is 0 Å². The number of aromatic nitrogens is 2. The van der Waals surface area contributed by atoms with E-state index >= 15 is 0 Å². The van der Waals surface area contributed by atoms with Crippen LogP contribution in [0.15, 0.2) is 0 Å². The van der Waals surface area contributed by atoms with Crippen LogP contribution < -0.4 is 5.32 Å². The molecule has 8 nitrogen and oxygen atoms in total. The molecule has 0 radical (unpaired) electrons. The summed E-state index contributed by atoms with van der Waals surface area (Å²) < 4.78 is 1.44. The Labute approximate surface area is 123 Å². The third kappa shape index (κ3) is 3.50. The van der Waals surface area contributed by atoms with Crippen molar-refractivity contribution in [1.29, 1.82) is 0 Å². The summed E-state index contributed by atoms with van der Waals surface area (Å²) in [6, 6.07) is 0. The van der Waals surface area contributed by atoms with E-state index in [0.29, 0.717) is 24.5 Å². The maximum absolute atomic E-state index is 12.0. The van der Waals surface area contributed by atoms with E-state index in [-0.39, 0.29) is 11.6 Å². The van der Waals surface area contributed by atoms with Gasteiger partial charge in [-0.15, -0.1) is 0 Å². The number of nitrogens with one attached hydrogen (secondary N) is 1. The quantitative estimate of drug-likeness (QED) is 0.655. The van der Waals surface area contributed by atoms with Gasteiger partial charge in [0.25, 0.3) is 0 Å². The van der Waals surface area contributed by atoms with E-state index in [1.165, 1.54) is 11.1 Å². The van der Waals surface area contributed by atoms with Gasteiger partial charge < -0.3 is 10.2 Å². The molecule has 0 aromatic carbocycles. The Balaban J connectivity index is 1.91. The minimum Gasteiger partial charge on any atom is -0.364 e. The highest BCUT2D eigenvalue weighted by Crippen LogP contribution is 2.27. The largest absolute Gasteiger partial charge is 0.364 e. The fraction of sp³-hybridized carbons (Fsp3) is 0.692. The van der Waals surface area contributed by atoms with Crippen molar-refractivity contribution in [2.45, 2.75) is 32.6 Å². The lowest BCUT2D eigenvalue weighted by Crippen LogP contribution is -2.36. The number of amides is 1. The molecule has 0 saturated carbocycles. The summed E-state index contributed by atoms with van der Waals surface area (Å²) in [5.41, 5.74) is 0.343. The predicted molar refractivity (Wildman–Crippen MR) is 78.1 cm³/mol. The van der Waals surface area contributed by atoms with Crippen LogP contribution in [-0.2, 0) is 11.8 Å². The summed E-state index contributed by atoms with van der Waals surface area (Å²) >= 11 is 0. The number of carbonyl (C=O) groups is 1. The minimum absolute atomic E-state index is 0.0251. The van der Waals surface area contributed by atoms with Crippen LogP contribution in [0.5, 0.6) is 0 Å². The van der Waals surface area contributed by atoms with Gasteiger partial charge in [-0.05, 0) is 26.2 Å². The zero-order valence-corrected chi connectivity index (χ0v) is 12.5. The van der Waals surface area contributed by atoms with E-state index in [2.05, 4.69) is 10.4 Å². The van der Waals surface area contributed by atoms with Crippen LogP contribution >= 0.6 is 0 Å². The maximum Gasteiger partial charge on any atom is 0.333 e. The average Bonchev–Trinajstić information content (AvgIpc) is 2.74. The summed E-state index contributed by atoms with van der Waals surface area (Å²) in [4.78, 5) is 24.5. The Morgan fingerprint density at radius 1 is 1.38 bits per heavy atom. The number of nitro groups is 1. The molecule has 1 aromatic rings. The number of rotatable bonds is 5. The monoisotopic (exact) mass is 295 g/mol. The normalized spacial score (nSPS) is 15.0. The van der Waals surface area contributed by atoms with Gasteiger partial charge in [-0.3, -0.25) is 14.9 Å². The van der Waals surface area contributed by atoms with Crippen LogP contribution in [0.4, 0.5) is 11.5 Å². The molecule has 8 heteroatoms. The van der Waals surface area contributed by atoms with E-state index in [9.17, 15) is 14.9 Å². The molecule has 1 fully saturated rings. The van der Waals surface area contributed by atoms with E-state index in [0.717, 1.165) is 25.9 Å². The fourth-order valence-corrected chi connectivity index (χ4v) is 2.65. The molecule has 21 heavy (non-hydrogen) atoms. The number of hydrogen-bond acceptors (Lipinski definition) is 5. The molecule has 2 heterocycles. The van der Waals surface area contributed by atoms with Crippen LogP contribution in [-0.4, -0.2) is 45.1 Å². The second kappa shape index (κ2) is 6.55. The van der Waals surface area contributed by atoms with Crippen molar-refractivity contribution in [2.24, 2.45) is 7.05 Å². The van der Waals surface area contributed by atoms with Gasteiger partial charge in [0, 0.05) is 33.1 Å². The fourth-order valence-electron chi connectivity index (χ4n) is 2.65. The van der Waals surface area contributed by atoms with Crippen molar-refractivity contribution >= 4 is 17.4 Å². The highest BCUT2D eigenvalue weighted by Gasteiger charge is 2.24. The molecular formula is C13H21N5O3. The van der Waals surface area contributed by atoms with Crippen molar-refractivity contribution in [3.05, 3.63) is 15.8 Å². The van der Waals surface area contributed by atoms with Crippen molar-refractivity contribution in [1.82, 2.24) is 14.7 Å². The lowest BCUT2D eigenvalue weighted by molar-refractivity contribution is -0.384. The first-order chi connectivity index (χ1) is 10.0. The Morgan fingerprint density at radius 2 is 2.05 bits per heavy atom. The molecule has 1 aliphatic heterocycles. The summed E-state index contributed by atoms with van der Waals surface area (Å²) in [6.07, 6.45) is 3.64. The van der Waals surface area contributed by atoms with Crippen molar-refractivity contribution in [3.8, 4) is 0 Å². The van der Waals surface area contributed by atoms with Gasteiger partial charge in [0.05, 0.1) is 4.92 Å². The standard InChI is InChI=1S/C13H21N5O3/c1-10-12(18(20)21)13(16(2)15-10)14-7-6-11(19)17-8-4-3-5-9-17/h14H,3-9H2,1-2H3. The molecule has 0 unspecified atom stereocenters. The number of nitrogens with zero attached hydrogens (tertiary/aromatic N) is 4. The van der Waals surface area contributed by atoms with Crippen LogP contribution in [0, 0.1) is 17.0 Å². The van der Waals surface area contributed by atoms with E-state index < -0.39 is 4.92 Å². The highest BCUT2D eigenvalue weighted by atomic mass is 16.6. The lowest BCUT2D eigenvalue weighted by Gasteiger charge is -2.26. The highest BCUT2D eigenvalue weighted by molar-refractivity contribution is 5.77. The second-order valence-corrected chi connectivity index (χ2v) is 5.28. The predicted octanol–water partition coefficient (Wildman–Crippen LogP) is 1.45. The number of aryl methyl sites for hydroxylation is 2. The molecule has 1 saturated heterocycles. The van der Waals surface area contributed by atoms with Gasteiger partial charge in [0.1, 0.15) is 5.69 Å². The summed E-state index contributed by atoms with van der Waals surface area (Å²) in [7, 11) is 1.65. The van der Waals surface area contributed by atoms with Gasteiger partial charge in [0.2, 0.25) is 11.7 Å².